The average molecular weight is 279 g/mol. The number of amides is 1. The Morgan fingerprint density at radius 1 is 1.35 bits per heavy atom. The average Bonchev–Trinajstić information content (AvgIpc) is 2.45. The molecule has 5 nitrogen and oxygen atoms in total. The van der Waals surface area contributed by atoms with E-state index in [1.807, 2.05) is 13.0 Å². The molecule has 110 valence electrons. The molecule has 0 unspecified atom stereocenters. The van der Waals surface area contributed by atoms with Crippen molar-refractivity contribution in [2.75, 3.05) is 6.61 Å². The number of rotatable bonds is 7. The van der Waals surface area contributed by atoms with E-state index < -0.39 is 17.4 Å². The highest BCUT2D eigenvalue weighted by Gasteiger charge is 2.39. The zero-order valence-electron chi connectivity index (χ0n) is 12.1. The molecule has 0 aliphatic heterocycles. The van der Waals surface area contributed by atoms with Crippen LogP contribution in [0.5, 0.6) is 5.75 Å². The summed E-state index contributed by atoms with van der Waals surface area (Å²) in [6.07, 6.45) is 0.655. The van der Waals surface area contributed by atoms with Crippen molar-refractivity contribution < 1.29 is 19.4 Å². The fourth-order valence-electron chi connectivity index (χ4n) is 1.79. The van der Waals surface area contributed by atoms with E-state index in [0.29, 0.717) is 12.2 Å². The number of hydrogen-bond acceptors (Lipinski definition) is 3. The normalized spacial score (nSPS) is 14.9. The van der Waals surface area contributed by atoms with Crippen molar-refractivity contribution >= 4 is 11.9 Å². The minimum Gasteiger partial charge on any atom is -0.484 e. The van der Waals surface area contributed by atoms with Crippen molar-refractivity contribution in [3.05, 3.63) is 30.3 Å². The maximum absolute atomic E-state index is 11.9. The fraction of sp³-hybridized carbons (Fsp3) is 0.467. The van der Waals surface area contributed by atoms with Crippen molar-refractivity contribution in [1.29, 1.82) is 0 Å². The third-order valence-corrected chi connectivity index (χ3v) is 3.55. The van der Waals surface area contributed by atoms with Gasteiger partial charge in [0.15, 0.2) is 6.61 Å². The van der Waals surface area contributed by atoms with Crippen molar-refractivity contribution in [1.82, 2.24) is 5.32 Å². The molecule has 0 radical (unpaired) electrons. The predicted octanol–water partition coefficient (Wildman–Crippen LogP) is 2.07. The lowest BCUT2D eigenvalue weighted by atomic mass is 9.85. The zero-order valence-corrected chi connectivity index (χ0v) is 12.1. The van der Waals surface area contributed by atoms with E-state index in [-0.39, 0.29) is 12.5 Å². The van der Waals surface area contributed by atoms with Crippen molar-refractivity contribution in [3.8, 4) is 5.75 Å². The fourth-order valence-corrected chi connectivity index (χ4v) is 1.79. The minimum absolute atomic E-state index is 0.180. The minimum atomic E-state index is -1.29. The number of carboxylic acids is 1. The number of nitrogens with one attached hydrogen (secondary N) is 1. The van der Waals surface area contributed by atoms with Crippen LogP contribution in [0.15, 0.2) is 30.3 Å². The molecule has 2 atom stereocenters. The highest BCUT2D eigenvalue weighted by molar-refractivity contribution is 5.87. The number of hydrogen-bond donors (Lipinski definition) is 2. The number of ether oxygens (including phenoxy) is 1. The quantitative estimate of drug-likeness (QED) is 0.801. The van der Waals surface area contributed by atoms with Gasteiger partial charge in [-0.15, -0.1) is 0 Å². The Bertz CT molecular complexity index is 460. The molecule has 0 heterocycles. The molecular weight excluding hydrogens is 258 g/mol. The molecular formula is C15H21NO4. The number of para-hydroxylation sites is 1. The summed E-state index contributed by atoms with van der Waals surface area (Å²) in [5.74, 6) is -1.09. The van der Waals surface area contributed by atoms with Gasteiger partial charge in [0.2, 0.25) is 0 Å². The van der Waals surface area contributed by atoms with Gasteiger partial charge in [0.25, 0.3) is 5.91 Å². The smallest absolute Gasteiger partial charge is 0.329 e. The molecule has 5 heteroatoms. The van der Waals surface area contributed by atoms with E-state index in [2.05, 4.69) is 5.32 Å². The maximum atomic E-state index is 11.9. The van der Waals surface area contributed by atoms with Gasteiger partial charge in [-0.3, -0.25) is 4.79 Å². The van der Waals surface area contributed by atoms with E-state index in [0.717, 1.165) is 0 Å². The Balaban J connectivity index is 2.61. The van der Waals surface area contributed by atoms with Crippen LogP contribution in [0.3, 0.4) is 0 Å². The van der Waals surface area contributed by atoms with Crippen LogP contribution in [-0.2, 0) is 9.59 Å². The number of carbonyl (C=O) groups excluding carboxylic acids is 1. The molecule has 1 aromatic rings. The summed E-state index contributed by atoms with van der Waals surface area (Å²) in [4.78, 5) is 23.2. The molecule has 2 N–H and O–H groups in total. The molecule has 1 amide bonds. The SMILES string of the molecule is CC[C@H](C)[C@](C)(NC(=O)COc1ccccc1)C(=O)O. The van der Waals surface area contributed by atoms with Gasteiger partial charge in [-0.25, -0.2) is 4.79 Å². The number of carbonyl (C=O) groups is 2. The summed E-state index contributed by atoms with van der Waals surface area (Å²) in [6.45, 7) is 5.00. The molecule has 0 saturated heterocycles. The second-order valence-electron chi connectivity index (χ2n) is 4.97. The van der Waals surface area contributed by atoms with Gasteiger partial charge >= 0.3 is 5.97 Å². The van der Waals surface area contributed by atoms with E-state index in [1.54, 1.807) is 31.2 Å². The molecule has 0 fully saturated rings. The van der Waals surface area contributed by atoms with Gasteiger partial charge in [-0.05, 0) is 25.0 Å². The standard InChI is InChI=1S/C15H21NO4/c1-4-11(2)15(3,14(18)19)16-13(17)10-20-12-8-6-5-7-9-12/h5-9,11H,4,10H2,1-3H3,(H,16,17)(H,18,19)/t11-,15-/m0/s1. The summed E-state index contributed by atoms with van der Waals surface area (Å²) in [7, 11) is 0. The highest BCUT2D eigenvalue weighted by Crippen LogP contribution is 2.20. The van der Waals surface area contributed by atoms with E-state index in [1.165, 1.54) is 6.92 Å². The van der Waals surface area contributed by atoms with E-state index >= 15 is 0 Å². The van der Waals surface area contributed by atoms with Crippen LogP contribution in [-0.4, -0.2) is 29.1 Å². The Kier molecular flexibility index (Phi) is 5.55. The van der Waals surface area contributed by atoms with Crippen LogP contribution in [0, 0.1) is 5.92 Å². The topological polar surface area (TPSA) is 75.6 Å². The van der Waals surface area contributed by atoms with Gasteiger partial charge < -0.3 is 15.2 Å². The lowest BCUT2D eigenvalue weighted by Gasteiger charge is -2.31. The summed E-state index contributed by atoms with van der Waals surface area (Å²) < 4.78 is 5.30. The lowest BCUT2D eigenvalue weighted by Crippen LogP contribution is -2.57. The Hall–Kier alpha value is -2.04. The van der Waals surface area contributed by atoms with Gasteiger partial charge in [0.1, 0.15) is 11.3 Å². The van der Waals surface area contributed by atoms with Crippen LogP contribution >= 0.6 is 0 Å². The van der Waals surface area contributed by atoms with Gasteiger partial charge in [-0.1, -0.05) is 38.5 Å². The van der Waals surface area contributed by atoms with Gasteiger partial charge in [0.05, 0.1) is 0 Å². The van der Waals surface area contributed by atoms with Crippen LogP contribution in [0.25, 0.3) is 0 Å². The molecule has 0 bridgehead atoms. The third-order valence-electron chi connectivity index (χ3n) is 3.55. The van der Waals surface area contributed by atoms with Gasteiger partial charge in [-0.2, -0.15) is 0 Å². The maximum Gasteiger partial charge on any atom is 0.329 e. The molecule has 0 spiro atoms. The molecule has 1 rings (SSSR count). The third kappa shape index (κ3) is 3.98. The monoisotopic (exact) mass is 279 g/mol. The van der Waals surface area contributed by atoms with Crippen LogP contribution in [0.2, 0.25) is 0 Å². The van der Waals surface area contributed by atoms with Gasteiger partial charge in [0, 0.05) is 0 Å². The van der Waals surface area contributed by atoms with Crippen molar-refractivity contribution in [2.45, 2.75) is 32.7 Å². The first-order valence-electron chi connectivity index (χ1n) is 6.62. The second kappa shape index (κ2) is 6.93. The first-order chi connectivity index (χ1) is 9.40. The largest absolute Gasteiger partial charge is 0.484 e. The molecule has 20 heavy (non-hydrogen) atoms. The second-order valence-corrected chi connectivity index (χ2v) is 4.97. The lowest BCUT2D eigenvalue weighted by molar-refractivity contribution is -0.149. The molecule has 0 aliphatic rings. The Morgan fingerprint density at radius 2 is 1.95 bits per heavy atom. The first kappa shape index (κ1) is 16.0. The summed E-state index contributed by atoms with van der Waals surface area (Å²) in [5.41, 5.74) is -1.29. The zero-order chi connectivity index (χ0) is 15.2. The highest BCUT2D eigenvalue weighted by atomic mass is 16.5. The molecule has 0 saturated carbocycles. The summed E-state index contributed by atoms with van der Waals surface area (Å²) in [6, 6.07) is 8.91. The summed E-state index contributed by atoms with van der Waals surface area (Å²) >= 11 is 0. The molecule has 0 aromatic heterocycles. The number of aliphatic carboxylic acids is 1. The Morgan fingerprint density at radius 3 is 2.45 bits per heavy atom. The van der Waals surface area contributed by atoms with E-state index in [9.17, 15) is 14.7 Å². The number of carboxylic acid groups (broad SMARTS) is 1. The molecule has 1 aromatic carbocycles. The number of benzene rings is 1. The van der Waals surface area contributed by atoms with Crippen LogP contribution in [0.1, 0.15) is 27.2 Å². The Labute approximate surface area is 118 Å². The van der Waals surface area contributed by atoms with Crippen LogP contribution < -0.4 is 10.1 Å². The van der Waals surface area contributed by atoms with Crippen molar-refractivity contribution in [2.24, 2.45) is 5.92 Å². The molecule has 0 aliphatic carbocycles. The van der Waals surface area contributed by atoms with E-state index in [4.69, 9.17) is 4.74 Å². The van der Waals surface area contributed by atoms with Crippen molar-refractivity contribution in [3.63, 3.8) is 0 Å². The predicted molar refractivity (Wildman–Crippen MR) is 75.6 cm³/mol. The van der Waals surface area contributed by atoms with Crippen LogP contribution in [0.4, 0.5) is 0 Å². The first-order valence-corrected chi connectivity index (χ1v) is 6.62. The summed E-state index contributed by atoms with van der Waals surface area (Å²) in [5, 5.41) is 11.9.